The van der Waals surface area contributed by atoms with E-state index in [9.17, 15) is 18.0 Å². The number of halogens is 3. The van der Waals surface area contributed by atoms with Gasteiger partial charge < -0.3 is 10.1 Å². The van der Waals surface area contributed by atoms with Crippen molar-refractivity contribution in [3.8, 4) is 16.9 Å². The van der Waals surface area contributed by atoms with Gasteiger partial charge in [0.25, 0.3) is 5.91 Å². The average Bonchev–Trinajstić information content (AvgIpc) is 3.08. The van der Waals surface area contributed by atoms with Crippen molar-refractivity contribution >= 4 is 5.91 Å². The number of aryl methyl sites for hydroxylation is 1. The number of benzene rings is 2. The number of aromatic nitrogens is 2. The molecule has 0 spiro atoms. The molecular weight excluding hydrogens is 371 g/mol. The van der Waals surface area contributed by atoms with Crippen LogP contribution in [0.4, 0.5) is 13.2 Å². The number of hydrogen-bond donors (Lipinski definition) is 1. The zero-order chi connectivity index (χ0) is 20.1. The first-order valence-corrected chi connectivity index (χ1v) is 8.52. The van der Waals surface area contributed by atoms with E-state index in [1.165, 1.54) is 12.1 Å². The fourth-order valence-corrected chi connectivity index (χ4v) is 2.66. The number of alkyl halides is 3. The number of ether oxygens (including phenoxy) is 1. The standard InChI is InChI=1S/C20H18F3N3O2/c1-26-13-17(12-25-26)15-4-2-14(3-5-15)10-11-24-19(27)16-6-8-18(9-7-16)28-20(21,22)23/h2-9,12-13H,10-11H2,1H3,(H,24,27). The highest BCUT2D eigenvalue weighted by Gasteiger charge is 2.31. The lowest BCUT2D eigenvalue weighted by molar-refractivity contribution is -0.274. The molecule has 0 fully saturated rings. The first-order valence-electron chi connectivity index (χ1n) is 8.52. The molecule has 28 heavy (non-hydrogen) atoms. The van der Waals surface area contributed by atoms with Crippen LogP contribution in [0.5, 0.6) is 5.75 Å². The van der Waals surface area contributed by atoms with Crippen LogP contribution in [0.3, 0.4) is 0 Å². The van der Waals surface area contributed by atoms with Crippen LogP contribution in [0, 0.1) is 0 Å². The maximum Gasteiger partial charge on any atom is 0.573 e. The smallest absolute Gasteiger partial charge is 0.406 e. The van der Waals surface area contributed by atoms with Crippen LogP contribution in [0.1, 0.15) is 15.9 Å². The van der Waals surface area contributed by atoms with E-state index in [2.05, 4.69) is 15.2 Å². The van der Waals surface area contributed by atoms with E-state index in [-0.39, 0.29) is 17.2 Å². The molecule has 1 amide bonds. The fraction of sp³-hybridized carbons (Fsp3) is 0.200. The number of amides is 1. The molecule has 3 rings (SSSR count). The van der Waals surface area contributed by atoms with E-state index in [0.29, 0.717) is 13.0 Å². The number of rotatable bonds is 6. The van der Waals surface area contributed by atoms with Crippen molar-refractivity contribution in [2.24, 2.45) is 7.05 Å². The Morgan fingerprint density at radius 2 is 1.75 bits per heavy atom. The molecule has 1 heterocycles. The molecule has 8 heteroatoms. The Morgan fingerprint density at radius 1 is 1.07 bits per heavy atom. The summed E-state index contributed by atoms with van der Waals surface area (Å²) in [6.45, 7) is 0.409. The van der Waals surface area contributed by atoms with Gasteiger partial charge in [-0.3, -0.25) is 9.48 Å². The maximum atomic E-state index is 12.1. The van der Waals surface area contributed by atoms with Crippen molar-refractivity contribution in [3.05, 3.63) is 72.1 Å². The van der Waals surface area contributed by atoms with Gasteiger partial charge >= 0.3 is 6.36 Å². The molecule has 0 atom stereocenters. The Hall–Kier alpha value is -3.29. The Balaban J connectivity index is 1.50. The molecule has 0 aliphatic carbocycles. The van der Waals surface area contributed by atoms with E-state index < -0.39 is 6.36 Å². The van der Waals surface area contributed by atoms with Gasteiger partial charge in [-0.15, -0.1) is 13.2 Å². The number of hydrogen-bond acceptors (Lipinski definition) is 3. The molecule has 0 saturated heterocycles. The summed E-state index contributed by atoms with van der Waals surface area (Å²) in [5.74, 6) is -0.719. The average molecular weight is 389 g/mol. The van der Waals surface area contributed by atoms with Crippen molar-refractivity contribution < 1.29 is 22.7 Å². The molecule has 0 aliphatic rings. The van der Waals surface area contributed by atoms with Crippen molar-refractivity contribution in [1.82, 2.24) is 15.1 Å². The first kappa shape index (κ1) is 19.5. The molecule has 0 radical (unpaired) electrons. The molecule has 0 saturated carbocycles. The van der Waals surface area contributed by atoms with Gasteiger partial charge in [-0.1, -0.05) is 24.3 Å². The Morgan fingerprint density at radius 3 is 2.32 bits per heavy atom. The monoisotopic (exact) mass is 389 g/mol. The largest absolute Gasteiger partial charge is 0.573 e. The van der Waals surface area contributed by atoms with Gasteiger partial charge in [0.05, 0.1) is 6.20 Å². The fourth-order valence-electron chi connectivity index (χ4n) is 2.66. The number of nitrogens with zero attached hydrogens (tertiary/aromatic N) is 2. The molecule has 0 unspecified atom stereocenters. The second-order valence-corrected chi connectivity index (χ2v) is 6.18. The highest BCUT2D eigenvalue weighted by molar-refractivity contribution is 5.94. The van der Waals surface area contributed by atoms with E-state index in [1.54, 1.807) is 10.9 Å². The lowest BCUT2D eigenvalue weighted by Gasteiger charge is -2.09. The second-order valence-electron chi connectivity index (χ2n) is 6.18. The Labute approximate surface area is 159 Å². The molecule has 0 aliphatic heterocycles. The van der Waals surface area contributed by atoms with Crippen LogP contribution in [0.2, 0.25) is 0 Å². The molecule has 1 N–H and O–H groups in total. The molecule has 1 aromatic heterocycles. The van der Waals surface area contributed by atoms with Gasteiger partial charge in [-0.2, -0.15) is 5.10 Å². The van der Waals surface area contributed by atoms with Gasteiger partial charge in [0.1, 0.15) is 5.75 Å². The third kappa shape index (κ3) is 5.35. The van der Waals surface area contributed by atoms with E-state index >= 15 is 0 Å². The molecule has 5 nitrogen and oxygen atoms in total. The molecule has 2 aromatic carbocycles. The zero-order valence-corrected chi connectivity index (χ0v) is 15.0. The number of carbonyl (C=O) groups is 1. The van der Waals surface area contributed by atoms with Crippen molar-refractivity contribution in [2.45, 2.75) is 12.8 Å². The molecule has 0 bridgehead atoms. The summed E-state index contributed by atoms with van der Waals surface area (Å²) in [6.07, 6.45) is -0.398. The summed E-state index contributed by atoms with van der Waals surface area (Å²) in [4.78, 5) is 12.1. The van der Waals surface area contributed by atoms with Crippen molar-refractivity contribution in [2.75, 3.05) is 6.54 Å². The molecular formula is C20H18F3N3O2. The lowest BCUT2D eigenvalue weighted by Crippen LogP contribution is -2.25. The van der Waals surface area contributed by atoms with Crippen LogP contribution < -0.4 is 10.1 Å². The number of nitrogens with one attached hydrogen (secondary N) is 1. The third-order valence-electron chi connectivity index (χ3n) is 4.04. The van der Waals surface area contributed by atoms with Gasteiger partial charge in [-0.25, -0.2) is 0 Å². The van der Waals surface area contributed by atoms with Crippen LogP contribution in [-0.2, 0) is 13.5 Å². The van der Waals surface area contributed by atoms with Gasteiger partial charge in [0.2, 0.25) is 0 Å². The van der Waals surface area contributed by atoms with Crippen LogP contribution >= 0.6 is 0 Å². The number of carbonyl (C=O) groups excluding carboxylic acids is 1. The van der Waals surface area contributed by atoms with Crippen LogP contribution in [-0.4, -0.2) is 28.6 Å². The predicted molar refractivity (Wildman–Crippen MR) is 97.8 cm³/mol. The maximum absolute atomic E-state index is 12.1. The van der Waals surface area contributed by atoms with Gasteiger partial charge in [0.15, 0.2) is 0 Å². The van der Waals surface area contributed by atoms with E-state index in [4.69, 9.17) is 0 Å². The SMILES string of the molecule is Cn1cc(-c2ccc(CCNC(=O)c3ccc(OC(F)(F)F)cc3)cc2)cn1. The highest BCUT2D eigenvalue weighted by Crippen LogP contribution is 2.23. The Bertz CT molecular complexity index is 933. The summed E-state index contributed by atoms with van der Waals surface area (Å²) in [5.41, 5.74) is 3.41. The summed E-state index contributed by atoms with van der Waals surface area (Å²) < 4.78 is 42.0. The van der Waals surface area contributed by atoms with E-state index in [0.717, 1.165) is 28.8 Å². The summed E-state index contributed by atoms with van der Waals surface area (Å²) in [7, 11) is 1.86. The minimum Gasteiger partial charge on any atom is -0.406 e. The van der Waals surface area contributed by atoms with Crippen LogP contribution in [0.25, 0.3) is 11.1 Å². The van der Waals surface area contributed by atoms with Crippen molar-refractivity contribution in [1.29, 1.82) is 0 Å². The van der Waals surface area contributed by atoms with Gasteiger partial charge in [-0.05, 0) is 41.8 Å². The lowest BCUT2D eigenvalue weighted by atomic mass is 10.1. The highest BCUT2D eigenvalue weighted by atomic mass is 19.4. The van der Waals surface area contributed by atoms with Crippen molar-refractivity contribution in [3.63, 3.8) is 0 Å². The first-order chi connectivity index (χ1) is 13.3. The van der Waals surface area contributed by atoms with Crippen LogP contribution in [0.15, 0.2) is 60.9 Å². The minimum absolute atomic E-state index is 0.265. The normalized spacial score (nSPS) is 11.3. The topological polar surface area (TPSA) is 56.2 Å². The van der Waals surface area contributed by atoms with Gasteiger partial charge in [0, 0.05) is 30.9 Å². The molecule has 146 valence electrons. The van der Waals surface area contributed by atoms with E-state index in [1.807, 2.05) is 37.5 Å². The third-order valence-corrected chi connectivity index (χ3v) is 4.04. The minimum atomic E-state index is -4.75. The quantitative estimate of drug-likeness (QED) is 0.694. The predicted octanol–water partition coefficient (Wildman–Crippen LogP) is 3.96. The summed E-state index contributed by atoms with van der Waals surface area (Å²) in [5, 5.41) is 6.89. The summed E-state index contributed by atoms with van der Waals surface area (Å²) >= 11 is 0. The Kier molecular flexibility index (Phi) is 5.67. The molecule has 3 aromatic rings. The second kappa shape index (κ2) is 8.16. The zero-order valence-electron chi connectivity index (χ0n) is 15.0. The summed E-state index contributed by atoms with van der Waals surface area (Å²) in [6, 6.07) is 12.8.